The first-order valence-corrected chi connectivity index (χ1v) is 26.5. The Balaban J connectivity index is 0.000000721. The van der Waals surface area contributed by atoms with E-state index >= 15 is 0 Å². The van der Waals surface area contributed by atoms with Crippen LogP contribution in [0.25, 0.3) is 22.3 Å². The first-order chi connectivity index (χ1) is 28.2. The molecule has 2 bridgehead atoms. The molecule has 5 heteroatoms. The summed E-state index contributed by atoms with van der Waals surface area (Å²) in [5, 5.41) is 0. The van der Waals surface area contributed by atoms with E-state index in [1.165, 1.54) is 74.6 Å². The van der Waals surface area contributed by atoms with Gasteiger partial charge in [0.25, 0.3) is 0 Å². The molecule has 332 valence electrons. The van der Waals surface area contributed by atoms with Crippen molar-refractivity contribution in [3.8, 4) is 22.3 Å². The number of fused-ring (bicyclic) bond motifs is 8. The van der Waals surface area contributed by atoms with Crippen molar-refractivity contribution in [1.82, 2.24) is 0 Å². The van der Waals surface area contributed by atoms with Crippen molar-refractivity contribution in [3.05, 3.63) is 119 Å². The zero-order valence-corrected chi connectivity index (χ0v) is 42.1. The van der Waals surface area contributed by atoms with Gasteiger partial charge in [-0.3, -0.25) is 0 Å². The summed E-state index contributed by atoms with van der Waals surface area (Å²) in [5.41, 5.74) is 11.3. The van der Waals surface area contributed by atoms with Crippen molar-refractivity contribution in [2.75, 3.05) is 39.2 Å². The lowest BCUT2D eigenvalue weighted by Gasteiger charge is -2.23. The van der Waals surface area contributed by atoms with Gasteiger partial charge >= 0.3 is 0 Å². The van der Waals surface area contributed by atoms with Gasteiger partial charge in [0.15, 0.2) is 0 Å². The van der Waals surface area contributed by atoms with Crippen molar-refractivity contribution in [1.29, 1.82) is 0 Å². The predicted molar refractivity (Wildman–Crippen MR) is 268 cm³/mol. The molecule has 4 aromatic rings. The van der Waals surface area contributed by atoms with E-state index in [9.17, 15) is 8.42 Å². The highest BCUT2D eigenvalue weighted by Gasteiger charge is 2.48. The second kappa shape index (κ2) is 31.1. The van der Waals surface area contributed by atoms with E-state index in [0.717, 1.165) is 25.4 Å². The van der Waals surface area contributed by atoms with Crippen molar-refractivity contribution >= 4 is 21.6 Å². The molecule has 59 heavy (non-hydrogen) atoms. The largest absolute Gasteiger partial charge is 0.388 e. The molecule has 0 aromatic heterocycles. The summed E-state index contributed by atoms with van der Waals surface area (Å²) in [7, 11) is 0.583. The van der Waals surface area contributed by atoms with Crippen LogP contribution in [0.15, 0.2) is 97.1 Å². The van der Waals surface area contributed by atoms with Crippen LogP contribution < -0.4 is 0 Å². The van der Waals surface area contributed by atoms with Gasteiger partial charge in [0.2, 0.25) is 0 Å². The molecule has 0 saturated heterocycles. The van der Waals surface area contributed by atoms with Gasteiger partial charge in [0.1, 0.15) is 9.84 Å². The maximum Gasteiger partial charge on any atom is 0.144 e. The first kappa shape index (κ1) is 56.1. The van der Waals surface area contributed by atoms with Crippen LogP contribution >= 0.6 is 11.8 Å². The molecule has 0 aliphatic heterocycles. The molecular weight excluding hydrogens is 761 g/mol. The quantitative estimate of drug-likeness (QED) is 0.206. The average molecular weight is 847 g/mol. The minimum atomic E-state index is -2.67. The van der Waals surface area contributed by atoms with Gasteiger partial charge in [0, 0.05) is 32.1 Å². The third-order valence-corrected chi connectivity index (χ3v) is 10.9. The normalized spacial score (nSPS) is 18.7. The molecule has 4 atom stereocenters. The lowest BCUT2D eigenvalue weighted by Crippen LogP contribution is -2.15. The van der Waals surface area contributed by atoms with Crippen LogP contribution in [0, 0.1) is 23.7 Å². The molecule has 4 aliphatic carbocycles. The highest BCUT2D eigenvalue weighted by Crippen LogP contribution is 2.58. The zero-order valence-electron chi connectivity index (χ0n) is 40.5. The molecular formula is C54H86O3S2. The Hall–Kier alpha value is -2.86. The third-order valence-electron chi connectivity index (χ3n) is 10.9. The zero-order chi connectivity index (χ0) is 45.0. The maximum absolute atomic E-state index is 9.63. The second-order valence-electron chi connectivity index (χ2n) is 16.1. The fraction of sp³-hybridized carbons (Fsp3) is 0.556. The summed E-state index contributed by atoms with van der Waals surface area (Å²) < 4.78 is 23.5. The standard InChI is InChI=1S/C16H18.C15H14.C10H16.C3H8.C2H6O2S.C2H6O.C2H6S.2C2H6/c1-3-13-5-9-15(10-6-13)16-11-7-14(4-2)8-12-16;1-15(2)13-9-5-3-7-11(13)12-8-4-6-10-14(12)15;1-2-9-7-4-5-8(6-7)10(9)3-1;1-3-2;1-5(2,3)4;2*1-3-2;2*1-2/h5-12H,3-4H2,1-2H3;3-10H,1-2H3;7-10H,1-6H2;3H2,1-2H3;1-2H3;2*1-2H3;2*1-2H3. The summed E-state index contributed by atoms with van der Waals surface area (Å²) in [6.07, 6.45) is 19.4. The van der Waals surface area contributed by atoms with Crippen LogP contribution in [0.1, 0.15) is 136 Å². The Morgan fingerprint density at radius 3 is 1.17 bits per heavy atom. The number of ether oxygens (including phenoxy) is 1. The number of aryl methyl sites for hydroxylation is 2. The van der Waals surface area contributed by atoms with Gasteiger partial charge in [0.05, 0.1) is 0 Å². The monoisotopic (exact) mass is 847 g/mol. The summed E-state index contributed by atoms with van der Waals surface area (Å²) in [4.78, 5) is 0. The third kappa shape index (κ3) is 19.2. The molecule has 3 saturated carbocycles. The van der Waals surface area contributed by atoms with E-state index in [1.54, 1.807) is 64.5 Å². The predicted octanol–water partition coefficient (Wildman–Crippen LogP) is 15.7. The summed E-state index contributed by atoms with van der Waals surface area (Å²) in [5.74, 6) is 4.80. The number of sulfone groups is 1. The SMILES string of the molecule is C1CC2C3CCC(C3)C2C1.CC.CC.CC1(C)c2ccccc2-c2ccccc21.CCC.CCc1ccc(-c2ccc(CC)cc2)cc1.COC.CS(C)(=O)=O.CSC. The average Bonchev–Trinajstić information content (AvgIpc) is 4.04. The van der Waals surface area contributed by atoms with E-state index in [4.69, 9.17) is 0 Å². The molecule has 0 heterocycles. The molecule has 0 radical (unpaired) electrons. The van der Waals surface area contributed by atoms with Gasteiger partial charge in [-0.1, -0.05) is 179 Å². The molecule has 4 aromatic carbocycles. The molecule has 3 nitrogen and oxygen atoms in total. The Kier molecular flexibility index (Phi) is 29.6. The molecule has 3 fully saturated rings. The topological polar surface area (TPSA) is 43.4 Å². The Bertz CT molecular complexity index is 1620. The molecule has 4 aliphatic rings. The summed E-state index contributed by atoms with van der Waals surface area (Å²) in [6, 6.07) is 35.1. The highest BCUT2D eigenvalue weighted by molar-refractivity contribution is 7.97. The second-order valence-corrected chi connectivity index (χ2v) is 19.2. The van der Waals surface area contributed by atoms with Crippen molar-refractivity contribution in [3.63, 3.8) is 0 Å². The van der Waals surface area contributed by atoms with Crippen LogP contribution in [0.5, 0.6) is 0 Å². The van der Waals surface area contributed by atoms with E-state index in [2.05, 4.69) is 143 Å². The minimum Gasteiger partial charge on any atom is -0.388 e. The van der Waals surface area contributed by atoms with Gasteiger partial charge in [-0.25, -0.2) is 8.42 Å². The lowest BCUT2D eigenvalue weighted by atomic mass is 9.82. The van der Waals surface area contributed by atoms with Gasteiger partial charge in [-0.2, -0.15) is 11.8 Å². The fourth-order valence-corrected chi connectivity index (χ4v) is 8.56. The number of hydrogen-bond donors (Lipinski definition) is 0. The van der Waals surface area contributed by atoms with Gasteiger partial charge < -0.3 is 4.74 Å². The Labute approximate surface area is 369 Å². The first-order valence-electron chi connectivity index (χ1n) is 22.6. The van der Waals surface area contributed by atoms with Crippen LogP contribution in [-0.2, 0) is 32.8 Å². The smallest absolute Gasteiger partial charge is 0.144 e. The van der Waals surface area contributed by atoms with Crippen LogP contribution in [0.4, 0.5) is 0 Å². The van der Waals surface area contributed by atoms with Crippen LogP contribution in [-0.4, -0.2) is 47.7 Å². The van der Waals surface area contributed by atoms with E-state index < -0.39 is 9.84 Å². The summed E-state index contributed by atoms with van der Waals surface area (Å²) >= 11 is 1.75. The number of methoxy groups -OCH3 is 1. The number of hydrogen-bond acceptors (Lipinski definition) is 4. The number of rotatable bonds is 3. The van der Waals surface area contributed by atoms with Crippen LogP contribution in [0.2, 0.25) is 0 Å². The maximum atomic E-state index is 9.63. The minimum absolute atomic E-state index is 0.160. The molecule has 0 spiro atoms. The summed E-state index contributed by atoms with van der Waals surface area (Å²) in [6.45, 7) is 21.2. The Morgan fingerprint density at radius 1 is 0.593 bits per heavy atom. The highest BCUT2D eigenvalue weighted by atomic mass is 32.2. The number of benzene rings is 4. The lowest BCUT2D eigenvalue weighted by molar-refractivity contribution is 0.259. The Morgan fingerprint density at radius 2 is 0.881 bits per heavy atom. The molecule has 8 rings (SSSR count). The van der Waals surface area contributed by atoms with Crippen LogP contribution in [0.3, 0.4) is 0 Å². The van der Waals surface area contributed by atoms with Gasteiger partial charge in [-0.05, 0) is 126 Å². The van der Waals surface area contributed by atoms with E-state index in [-0.39, 0.29) is 5.41 Å². The molecule has 4 unspecified atom stereocenters. The molecule has 0 amide bonds. The van der Waals surface area contributed by atoms with Gasteiger partial charge in [-0.15, -0.1) is 0 Å². The van der Waals surface area contributed by atoms with Crippen molar-refractivity contribution in [2.45, 2.75) is 132 Å². The number of thioether (sulfide) groups is 1. The van der Waals surface area contributed by atoms with Crippen molar-refractivity contribution < 1.29 is 13.2 Å². The van der Waals surface area contributed by atoms with E-state index in [1.807, 2.05) is 40.2 Å². The van der Waals surface area contributed by atoms with E-state index in [0.29, 0.717) is 0 Å². The van der Waals surface area contributed by atoms with Crippen molar-refractivity contribution in [2.24, 2.45) is 23.7 Å². The fourth-order valence-electron chi connectivity index (χ4n) is 8.56. The molecule has 0 N–H and O–H groups in total.